The first-order valence-corrected chi connectivity index (χ1v) is 10.5. The number of hydrogen-bond acceptors (Lipinski definition) is 4. The molecule has 2 aromatic rings. The van der Waals surface area contributed by atoms with Gasteiger partial charge in [0.25, 0.3) is 5.91 Å². The normalized spacial score (nSPS) is 12.3. The molecule has 0 radical (unpaired) electrons. The Morgan fingerprint density at radius 1 is 1.11 bits per heavy atom. The second kappa shape index (κ2) is 8.43. The number of benzene rings is 2. The number of anilines is 1. The van der Waals surface area contributed by atoms with Gasteiger partial charge in [-0.15, -0.1) is 0 Å². The minimum Gasteiger partial charge on any atom is -0.484 e. The van der Waals surface area contributed by atoms with E-state index in [4.69, 9.17) is 4.74 Å². The highest BCUT2D eigenvalue weighted by molar-refractivity contribution is 7.92. The number of sulfonamides is 1. The van der Waals surface area contributed by atoms with Gasteiger partial charge in [0.1, 0.15) is 5.75 Å². The summed E-state index contributed by atoms with van der Waals surface area (Å²) in [6.07, 6.45) is 1.14. The first-order valence-electron chi connectivity index (χ1n) is 8.61. The van der Waals surface area contributed by atoms with Crippen LogP contribution in [0.3, 0.4) is 0 Å². The van der Waals surface area contributed by atoms with Gasteiger partial charge >= 0.3 is 0 Å². The summed E-state index contributed by atoms with van der Waals surface area (Å²) >= 11 is 0. The maximum absolute atomic E-state index is 12.1. The lowest BCUT2D eigenvalue weighted by atomic mass is 10.0. The third kappa shape index (κ3) is 5.72. The van der Waals surface area contributed by atoms with Crippen molar-refractivity contribution in [3.8, 4) is 5.75 Å². The van der Waals surface area contributed by atoms with Crippen molar-refractivity contribution >= 4 is 21.6 Å². The average molecular weight is 391 g/mol. The highest BCUT2D eigenvalue weighted by atomic mass is 32.2. The number of amides is 1. The second-order valence-electron chi connectivity index (χ2n) is 6.65. The number of ether oxygens (including phenoxy) is 1. The first kappa shape index (κ1) is 20.8. The van der Waals surface area contributed by atoms with Gasteiger partial charge in [0, 0.05) is 7.05 Å². The van der Waals surface area contributed by atoms with Crippen LogP contribution in [-0.4, -0.2) is 34.2 Å². The Morgan fingerprint density at radius 2 is 1.74 bits per heavy atom. The van der Waals surface area contributed by atoms with Crippen molar-refractivity contribution in [1.29, 1.82) is 0 Å². The molecular formula is C20H26N2O4S. The predicted octanol–water partition coefficient (Wildman–Crippen LogP) is 2.96. The summed E-state index contributed by atoms with van der Waals surface area (Å²) < 4.78 is 29.7. The van der Waals surface area contributed by atoms with Gasteiger partial charge in [-0.3, -0.25) is 9.10 Å². The Hall–Kier alpha value is -2.54. The lowest BCUT2D eigenvalue weighted by Crippen LogP contribution is -2.31. The summed E-state index contributed by atoms with van der Waals surface area (Å²) in [5.41, 5.74) is 3.96. The number of carbonyl (C=O) groups is 1. The fourth-order valence-electron chi connectivity index (χ4n) is 2.49. The van der Waals surface area contributed by atoms with E-state index in [9.17, 15) is 13.2 Å². The molecule has 0 aliphatic rings. The lowest BCUT2D eigenvalue weighted by Gasteiger charge is -2.17. The highest BCUT2D eigenvalue weighted by Gasteiger charge is 2.13. The Balaban J connectivity index is 1.90. The molecule has 0 aliphatic carbocycles. The van der Waals surface area contributed by atoms with Gasteiger partial charge in [-0.1, -0.05) is 18.2 Å². The molecule has 0 saturated heterocycles. The summed E-state index contributed by atoms with van der Waals surface area (Å²) in [7, 11) is -1.83. The van der Waals surface area contributed by atoms with Crippen LogP contribution in [0.4, 0.5) is 5.69 Å². The van der Waals surface area contributed by atoms with Crippen molar-refractivity contribution in [2.75, 3.05) is 24.2 Å². The van der Waals surface area contributed by atoms with Crippen LogP contribution in [0.15, 0.2) is 42.5 Å². The molecule has 6 nitrogen and oxygen atoms in total. The van der Waals surface area contributed by atoms with Crippen molar-refractivity contribution in [2.24, 2.45) is 0 Å². The zero-order chi connectivity index (χ0) is 20.2. The monoisotopic (exact) mass is 390 g/mol. The number of carbonyl (C=O) groups excluding carboxylic acids is 1. The smallest absolute Gasteiger partial charge is 0.258 e. The lowest BCUT2D eigenvalue weighted by molar-refractivity contribution is -0.123. The molecule has 2 rings (SSSR count). The Bertz CT molecular complexity index is 908. The van der Waals surface area contributed by atoms with Crippen LogP contribution in [0.25, 0.3) is 0 Å². The summed E-state index contributed by atoms with van der Waals surface area (Å²) in [4.78, 5) is 12.1. The Labute approximate surface area is 161 Å². The Morgan fingerprint density at radius 3 is 2.30 bits per heavy atom. The molecule has 0 spiro atoms. The largest absolute Gasteiger partial charge is 0.484 e. The van der Waals surface area contributed by atoms with Gasteiger partial charge in [0.2, 0.25) is 10.0 Å². The molecule has 2 aromatic carbocycles. The SMILES string of the molecule is Cc1ccc(C(C)NC(=O)COc2ccc(N(C)S(C)(=O)=O)cc2)cc1C. The second-order valence-corrected chi connectivity index (χ2v) is 8.66. The van der Waals surface area contributed by atoms with Gasteiger partial charge in [0.15, 0.2) is 6.61 Å². The Kier molecular flexibility index (Phi) is 6.49. The number of aryl methyl sites for hydroxylation is 2. The molecule has 1 unspecified atom stereocenters. The molecule has 0 fully saturated rings. The number of nitrogens with one attached hydrogen (secondary N) is 1. The maximum atomic E-state index is 12.1. The molecule has 0 bridgehead atoms. The van der Waals surface area contributed by atoms with Gasteiger partial charge < -0.3 is 10.1 Å². The summed E-state index contributed by atoms with van der Waals surface area (Å²) in [5, 5.41) is 2.91. The maximum Gasteiger partial charge on any atom is 0.258 e. The minimum atomic E-state index is -3.31. The van der Waals surface area contributed by atoms with E-state index in [1.807, 2.05) is 26.0 Å². The zero-order valence-electron chi connectivity index (χ0n) is 16.3. The molecule has 27 heavy (non-hydrogen) atoms. The van der Waals surface area contributed by atoms with Crippen molar-refractivity contribution in [2.45, 2.75) is 26.8 Å². The first-order chi connectivity index (χ1) is 12.6. The van der Waals surface area contributed by atoms with E-state index in [-0.39, 0.29) is 18.6 Å². The summed E-state index contributed by atoms with van der Waals surface area (Å²) in [6.45, 7) is 5.91. The van der Waals surface area contributed by atoms with Gasteiger partial charge in [-0.05, 0) is 61.7 Å². The number of rotatable bonds is 7. The van der Waals surface area contributed by atoms with Crippen LogP contribution >= 0.6 is 0 Å². The van der Waals surface area contributed by atoms with Crippen LogP contribution in [-0.2, 0) is 14.8 Å². The summed E-state index contributed by atoms with van der Waals surface area (Å²) in [6, 6.07) is 12.5. The van der Waals surface area contributed by atoms with Crippen molar-refractivity contribution < 1.29 is 17.9 Å². The van der Waals surface area contributed by atoms with Crippen LogP contribution in [0.2, 0.25) is 0 Å². The average Bonchev–Trinajstić information content (AvgIpc) is 2.61. The van der Waals surface area contributed by atoms with Crippen molar-refractivity contribution in [1.82, 2.24) is 5.32 Å². The van der Waals surface area contributed by atoms with E-state index in [1.165, 1.54) is 22.5 Å². The number of hydrogen-bond donors (Lipinski definition) is 1. The molecule has 1 N–H and O–H groups in total. The van der Waals surface area contributed by atoms with Gasteiger partial charge in [0.05, 0.1) is 18.0 Å². The van der Waals surface area contributed by atoms with Gasteiger partial charge in [-0.2, -0.15) is 0 Å². The van der Waals surface area contributed by atoms with Crippen molar-refractivity contribution in [3.63, 3.8) is 0 Å². The molecule has 7 heteroatoms. The molecule has 0 aliphatic heterocycles. The van der Waals surface area contributed by atoms with Crippen LogP contribution in [0.5, 0.6) is 5.75 Å². The number of nitrogens with zero attached hydrogens (tertiary/aromatic N) is 1. The fraction of sp³-hybridized carbons (Fsp3) is 0.350. The van der Waals surface area contributed by atoms with E-state index < -0.39 is 10.0 Å². The molecule has 1 amide bonds. The topological polar surface area (TPSA) is 75.7 Å². The van der Waals surface area contributed by atoms with Crippen LogP contribution < -0.4 is 14.4 Å². The van der Waals surface area contributed by atoms with Gasteiger partial charge in [-0.25, -0.2) is 8.42 Å². The zero-order valence-corrected chi connectivity index (χ0v) is 17.1. The van der Waals surface area contributed by atoms with E-state index in [0.717, 1.165) is 11.8 Å². The van der Waals surface area contributed by atoms with E-state index in [2.05, 4.69) is 18.3 Å². The molecule has 146 valence electrons. The fourth-order valence-corrected chi connectivity index (χ4v) is 3.00. The third-order valence-electron chi connectivity index (χ3n) is 4.48. The highest BCUT2D eigenvalue weighted by Crippen LogP contribution is 2.20. The van der Waals surface area contributed by atoms with E-state index in [0.29, 0.717) is 11.4 Å². The minimum absolute atomic E-state index is 0.115. The predicted molar refractivity (Wildman–Crippen MR) is 108 cm³/mol. The van der Waals surface area contributed by atoms with Crippen molar-refractivity contribution in [3.05, 3.63) is 59.2 Å². The summed E-state index contributed by atoms with van der Waals surface area (Å²) in [5.74, 6) is 0.271. The van der Waals surface area contributed by atoms with E-state index >= 15 is 0 Å². The van der Waals surface area contributed by atoms with Crippen LogP contribution in [0, 0.1) is 13.8 Å². The molecule has 0 saturated carbocycles. The third-order valence-corrected chi connectivity index (χ3v) is 5.68. The molecule has 0 aromatic heterocycles. The molecular weight excluding hydrogens is 364 g/mol. The molecule has 1 atom stereocenters. The standard InChI is InChI=1S/C20H26N2O4S/c1-14-6-7-17(12-15(14)2)16(3)21-20(23)13-26-19-10-8-18(9-11-19)22(4)27(5,24)25/h6-12,16H,13H2,1-5H3,(H,21,23). The quantitative estimate of drug-likeness (QED) is 0.789. The van der Waals surface area contributed by atoms with Crippen LogP contribution in [0.1, 0.15) is 29.7 Å². The van der Waals surface area contributed by atoms with E-state index in [1.54, 1.807) is 24.3 Å². The molecule has 0 heterocycles.